The van der Waals surface area contributed by atoms with E-state index < -0.39 is 0 Å². The number of carbonyl (C=O) groups excluding carboxylic acids is 1. The summed E-state index contributed by atoms with van der Waals surface area (Å²) >= 11 is 0. The fourth-order valence-corrected chi connectivity index (χ4v) is 1.87. The van der Waals surface area contributed by atoms with Crippen LogP contribution in [0.25, 0.3) is 0 Å². The molecule has 1 fully saturated rings. The number of methoxy groups -OCH3 is 1. The number of hydrazine groups is 1. The van der Waals surface area contributed by atoms with E-state index in [2.05, 4.69) is 10.4 Å². The van der Waals surface area contributed by atoms with Crippen molar-refractivity contribution in [1.29, 1.82) is 0 Å². The third-order valence-electron chi connectivity index (χ3n) is 2.99. The van der Waals surface area contributed by atoms with Crippen molar-refractivity contribution in [2.24, 2.45) is 5.84 Å². The van der Waals surface area contributed by atoms with E-state index in [4.69, 9.17) is 10.6 Å². The van der Waals surface area contributed by atoms with Gasteiger partial charge in [-0.05, 0) is 18.9 Å². The lowest BCUT2D eigenvalue weighted by Crippen LogP contribution is -2.36. The number of nitrogen functional groups attached to an aromatic ring is 1. The molecule has 1 aromatic rings. The van der Waals surface area contributed by atoms with Gasteiger partial charge in [0, 0.05) is 32.1 Å². The highest BCUT2D eigenvalue weighted by Crippen LogP contribution is 2.29. The van der Waals surface area contributed by atoms with Crippen molar-refractivity contribution in [2.45, 2.75) is 18.9 Å². The molecule has 1 amide bonds. The molecule has 1 aromatic heterocycles. The number of aromatic nitrogens is 1. The number of rotatable bonds is 6. The maximum Gasteiger partial charge on any atom is 0.257 e. The summed E-state index contributed by atoms with van der Waals surface area (Å²) in [7, 11) is 1.63. The summed E-state index contributed by atoms with van der Waals surface area (Å²) in [6.07, 6.45) is 5.25. The molecule has 1 aliphatic carbocycles. The second-order valence-electron chi connectivity index (χ2n) is 4.29. The van der Waals surface area contributed by atoms with E-state index in [-0.39, 0.29) is 5.91 Å². The monoisotopic (exact) mass is 250 g/mol. The first kappa shape index (κ1) is 12.8. The average Bonchev–Trinajstić information content (AvgIpc) is 3.23. The van der Waals surface area contributed by atoms with Crippen LogP contribution in [0, 0.1) is 0 Å². The molecule has 98 valence electrons. The van der Waals surface area contributed by atoms with Crippen LogP contribution in [0.1, 0.15) is 23.2 Å². The first-order valence-electron chi connectivity index (χ1n) is 5.98. The molecule has 2 rings (SSSR count). The van der Waals surface area contributed by atoms with Crippen molar-refractivity contribution in [2.75, 3.05) is 25.7 Å². The number of anilines is 1. The molecule has 1 aliphatic rings. The minimum absolute atomic E-state index is 0.0457. The van der Waals surface area contributed by atoms with Gasteiger partial charge in [0.1, 0.15) is 0 Å². The van der Waals surface area contributed by atoms with Crippen LogP contribution in [0.4, 0.5) is 5.69 Å². The largest absolute Gasteiger partial charge is 0.383 e. The van der Waals surface area contributed by atoms with Crippen LogP contribution in [0.3, 0.4) is 0 Å². The summed E-state index contributed by atoms with van der Waals surface area (Å²) in [5, 5.41) is 0. The first-order chi connectivity index (χ1) is 8.77. The van der Waals surface area contributed by atoms with Gasteiger partial charge in [0.05, 0.1) is 17.9 Å². The molecular weight excluding hydrogens is 232 g/mol. The Morgan fingerprint density at radius 3 is 3.06 bits per heavy atom. The van der Waals surface area contributed by atoms with E-state index in [1.807, 2.05) is 4.90 Å². The molecule has 3 N–H and O–H groups in total. The SMILES string of the molecule is COCCN(C(=O)c1cnccc1NN)C1CC1. The predicted molar refractivity (Wildman–Crippen MR) is 68.0 cm³/mol. The van der Waals surface area contributed by atoms with Gasteiger partial charge >= 0.3 is 0 Å². The molecule has 1 heterocycles. The van der Waals surface area contributed by atoms with E-state index in [9.17, 15) is 4.79 Å². The van der Waals surface area contributed by atoms with Crippen molar-refractivity contribution in [3.05, 3.63) is 24.0 Å². The zero-order valence-corrected chi connectivity index (χ0v) is 10.4. The minimum Gasteiger partial charge on any atom is -0.383 e. The minimum atomic E-state index is -0.0457. The van der Waals surface area contributed by atoms with Crippen molar-refractivity contribution >= 4 is 11.6 Å². The summed E-state index contributed by atoms with van der Waals surface area (Å²) < 4.78 is 5.04. The van der Waals surface area contributed by atoms with Gasteiger partial charge in [-0.2, -0.15) is 0 Å². The quantitative estimate of drug-likeness (QED) is 0.571. The standard InChI is InChI=1S/C12H18N4O2/c1-18-7-6-16(9-2-3-9)12(17)10-8-14-5-4-11(10)15-13/h4-5,8-9H,2-3,6-7,13H2,1H3,(H,14,15). The Kier molecular flexibility index (Phi) is 4.11. The van der Waals surface area contributed by atoms with Crippen LogP contribution in [0.2, 0.25) is 0 Å². The normalized spacial score (nSPS) is 14.3. The fourth-order valence-electron chi connectivity index (χ4n) is 1.87. The van der Waals surface area contributed by atoms with Crippen molar-refractivity contribution < 1.29 is 9.53 Å². The lowest BCUT2D eigenvalue weighted by Gasteiger charge is -2.22. The highest BCUT2D eigenvalue weighted by molar-refractivity contribution is 5.99. The van der Waals surface area contributed by atoms with Gasteiger partial charge in [0.15, 0.2) is 0 Å². The summed E-state index contributed by atoms with van der Waals surface area (Å²) in [6.45, 7) is 1.13. The third-order valence-corrected chi connectivity index (χ3v) is 2.99. The molecule has 1 saturated carbocycles. The molecular formula is C12H18N4O2. The van der Waals surface area contributed by atoms with Crippen LogP contribution in [-0.2, 0) is 4.74 Å². The third kappa shape index (κ3) is 2.77. The Bertz CT molecular complexity index is 420. The summed E-state index contributed by atoms with van der Waals surface area (Å²) in [5.74, 6) is 5.36. The summed E-state index contributed by atoms with van der Waals surface area (Å²) in [6, 6.07) is 2.02. The number of carbonyl (C=O) groups is 1. The number of nitrogens with one attached hydrogen (secondary N) is 1. The molecule has 0 saturated heterocycles. The number of ether oxygens (including phenoxy) is 1. The summed E-state index contributed by atoms with van der Waals surface area (Å²) in [4.78, 5) is 18.3. The van der Waals surface area contributed by atoms with Gasteiger partial charge in [0.25, 0.3) is 5.91 Å². The number of hydrogen-bond donors (Lipinski definition) is 2. The number of hydrogen-bond acceptors (Lipinski definition) is 5. The molecule has 0 radical (unpaired) electrons. The number of amides is 1. The molecule has 6 heteroatoms. The van der Waals surface area contributed by atoms with Crippen molar-refractivity contribution in [3.63, 3.8) is 0 Å². The Labute approximate surface area is 106 Å². The molecule has 0 spiro atoms. The topological polar surface area (TPSA) is 80.5 Å². The van der Waals surface area contributed by atoms with E-state index in [0.29, 0.717) is 30.4 Å². The van der Waals surface area contributed by atoms with Gasteiger partial charge in [-0.25, -0.2) is 0 Å². The Balaban J connectivity index is 2.16. The van der Waals surface area contributed by atoms with Crippen LogP contribution >= 0.6 is 0 Å². The van der Waals surface area contributed by atoms with E-state index in [1.54, 1.807) is 25.6 Å². The van der Waals surface area contributed by atoms with Crippen LogP contribution in [0.15, 0.2) is 18.5 Å². The Morgan fingerprint density at radius 2 is 2.44 bits per heavy atom. The highest BCUT2D eigenvalue weighted by Gasteiger charge is 2.33. The summed E-state index contributed by atoms with van der Waals surface area (Å²) in [5.41, 5.74) is 3.63. The fraction of sp³-hybridized carbons (Fsp3) is 0.500. The molecule has 18 heavy (non-hydrogen) atoms. The van der Waals surface area contributed by atoms with E-state index >= 15 is 0 Å². The van der Waals surface area contributed by atoms with Gasteiger partial charge < -0.3 is 15.1 Å². The van der Waals surface area contributed by atoms with Gasteiger partial charge in [-0.1, -0.05) is 0 Å². The molecule has 0 atom stereocenters. The van der Waals surface area contributed by atoms with Crippen LogP contribution in [-0.4, -0.2) is 42.1 Å². The molecule has 0 aliphatic heterocycles. The first-order valence-corrected chi connectivity index (χ1v) is 5.98. The van der Waals surface area contributed by atoms with Crippen molar-refractivity contribution in [3.8, 4) is 0 Å². The number of pyridine rings is 1. The van der Waals surface area contributed by atoms with Gasteiger partial charge in [-0.3, -0.25) is 15.6 Å². The van der Waals surface area contributed by atoms with Crippen LogP contribution < -0.4 is 11.3 Å². The van der Waals surface area contributed by atoms with E-state index in [1.165, 1.54) is 0 Å². The lowest BCUT2D eigenvalue weighted by molar-refractivity contribution is 0.0680. The van der Waals surface area contributed by atoms with Gasteiger partial charge in [0.2, 0.25) is 0 Å². The molecule has 0 aromatic carbocycles. The zero-order valence-electron chi connectivity index (χ0n) is 10.4. The number of nitrogens with zero attached hydrogens (tertiary/aromatic N) is 2. The average molecular weight is 250 g/mol. The smallest absolute Gasteiger partial charge is 0.257 e. The maximum atomic E-state index is 12.4. The predicted octanol–water partition coefficient (Wildman–Crippen LogP) is 0.618. The van der Waals surface area contributed by atoms with E-state index in [0.717, 1.165) is 12.8 Å². The molecule has 0 bridgehead atoms. The second-order valence-corrected chi connectivity index (χ2v) is 4.29. The highest BCUT2D eigenvalue weighted by atomic mass is 16.5. The second kappa shape index (κ2) is 5.79. The number of nitrogens with two attached hydrogens (primary N) is 1. The van der Waals surface area contributed by atoms with Crippen molar-refractivity contribution in [1.82, 2.24) is 9.88 Å². The Hall–Kier alpha value is -1.66. The molecule has 6 nitrogen and oxygen atoms in total. The van der Waals surface area contributed by atoms with Crippen LogP contribution in [0.5, 0.6) is 0 Å². The zero-order chi connectivity index (χ0) is 13.0. The lowest BCUT2D eigenvalue weighted by atomic mass is 10.2. The maximum absolute atomic E-state index is 12.4. The molecule has 0 unspecified atom stereocenters. The van der Waals surface area contributed by atoms with Gasteiger partial charge in [-0.15, -0.1) is 0 Å². The Morgan fingerprint density at radius 1 is 1.67 bits per heavy atom.